The smallest absolute Gasteiger partial charge is 0.310 e. The number of carbonyl (C=O) groups is 1. The van der Waals surface area contributed by atoms with Gasteiger partial charge in [0.2, 0.25) is 0 Å². The summed E-state index contributed by atoms with van der Waals surface area (Å²) in [6.45, 7) is 1.74. The zero-order valence-electron chi connectivity index (χ0n) is 10.7. The number of hydrogen-bond acceptors (Lipinski definition) is 3. The first kappa shape index (κ1) is 14.7. The van der Waals surface area contributed by atoms with Crippen molar-refractivity contribution in [2.24, 2.45) is 0 Å². The van der Waals surface area contributed by atoms with Crippen LogP contribution >= 0.6 is 23.2 Å². The van der Waals surface area contributed by atoms with Crippen LogP contribution in [0, 0.1) is 0 Å². The van der Waals surface area contributed by atoms with Crippen LogP contribution in [0.15, 0.2) is 42.5 Å². The highest BCUT2D eigenvalue weighted by Crippen LogP contribution is 2.32. The van der Waals surface area contributed by atoms with Gasteiger partial charge in [-0.1, -0.05) is 30.1 Å². The Balaban J connectivity index is 2.08. The molecule has 2 rings (SSSR count). The van der Waals surface area contributed by atoms with E-state index in [1.54, 1.807) is 49.4 Å². The highest BCUT2D eigenvalue weighted by atomic mass is 35.5. The maximum atomic E-state index is 11.2. The van der Waals surface area contributed by atoms with Crippen molar-refractivity contribution in [3.8, 4) is 17.2 Å². The largest absolute Gasteiger partial charge is 0.456 e. The Labute approximate surface area is 127 Å². The van der Waals surface area contributed by atoms with Gasteiger partial charge in [0.1, 0.15) is 17.2 Å². The van der Waals surface area contributed by atoms with Crippen LogP contribution in [0.5, 0.6) is 17.2 Å². The summed E-state index contributed by atoms with van der Waals surface area (Å²) in [6.07, 6.45) is 0.332. The fraction of sp³-hybridized carbons (Fsp3) is 0.133. The van der Waals surface area contributed by atoms with Crippen LogP contribution in [0.4, 0.5) is 0 Å². The van der Waals surface area contributed by atoms with Crippen molar-refractivity contribution in [2.45, 2.75) is 13.3 Å². The monoisotopic (exact) mass is 310 g/mol. The summed E-state index contributed by atoms with van der Waals surface area (Å²) in [6, 6.07) is 11.7. The van der Waals surface area contributed by atoms with Gasteiger partial charge in [0, 0.05) is 11.4 Å². The highest BCUT2D eigenvalue weighted by molar-refractivity contribution is 6.35. The Kier molecular flexibility index (Phi) is 4.88. The molecule has 5 heteroatoms. The molecule has 2 aromatic carbocycles. The number of hydrogen-bond donors (Lipinski definition) is 0. The molecule has 0 spiro atoms. The molecule has 0 unspecified atom stereocenters. The van der Waals surface area contributed by atoms with Gasteiger partial charge in [0.05, 0.1) is 5.02 Å². The molecule has 3 nitrogen and oxygen atoms in total. The SMILES string of the molecule is CCC(=O)Oc1ccc(Oc2ccc(Cl)cc2Cl)cc1. The van der Waals surface area contributed by atoms with E-state index in [9.17, 15) is 4.79 Å². The van der Waals surface area contributed by atoms with Gasteiger partial charge in [-0.3, -0.25) is 4.79 Å². The van der Waals surface area contributed by atoms with Gasteiger partial charge >= 0.3 is 5.97 Å². The Morgan fingerprint density at radius 2 is 1.70 bits per heavy atom. The molecule has 0 heterocycles. The summed E-state index contributed by atoms with van der Waals surface area (Å²) >= 11 is 11.8. The van der Waals surface area contributed by atoms with Crippen molar-refractivity contribution in [1.82, 2.24) is 0 Å². The van der Waals surface area contributed by atoms with Crippen LogP contribution in [-0.4, -0.2) is 5.97 Å². The quantitative estimate of drug-likeness (QED) is 0.582. The van der Waals surface area contributed by atoms with E-state index in [0.717, 1.165) is 0 Å². The number of esters is 1. The predicted molar refractivity (Wildman–Crippen MR) is 78.9 cm³/mol. The molecule has 0 aliphatic rings. The molecule has 0 radical (unpaired) electrons. The molecule has 104 valence electrons. The van der Waals surface area contributed by atoms with Crippen molar-refractivity contribution in [1.29, 1.82) is 0 Å². The third-order valence-corrected chi connectivity index (χ3v) is 3.00. The highest BCUT2D eigenvalue weighted by Gasteiger charge is 2.05. The molecule has 0 bridgehead atoms. The lowest BCUT2D eigenvalue weighted by atomic mass is 10.3. The van der Waals surface area contributed by atoms with Gasteiger partial charge < -0.3 is 9.47 Å². The van der Waals surface area contributed by atoms with Crippen LogP contribution < -0.4 is 9.47 Å². The molecule has 0 saturated carbocycles. The molecule has 0 atom stereocenters. The van der Waals surface area contributed by atoms with Gasteiger partial charge in [0.15, 0.2) is 0 Å². The van der Waals surface area contributed by atoms with E-state index in [1.807, 2.05) is 0 Å². The van der Waals surface area contributed by atoms with E-state index >= 15 is 0 Å². The minimum atomic E-state index is -0.278. The first-order valence-electron chi connectivity index (χ1n) is 6.02. The topological polar surface area (TPSA) is 35.5 Å². The van der Waals surface area contributed by atoms with Crippen LogP contribution in [-0.2, 0) is 4.79 Å². The molecule has 0 saturated heterocycles. The average molecular weight is 311 g/mol. The van der Waals surface area contributed by atoms with E-state index in [4.69, 9.17) is 32.7 Å². The van der Waals surface area contributed by atoms with Crippen molar-refractivity contribution in [3.63, 3.8) is 0 Å². The summed E-state index contributed by atoms with van der Waals surface area (Å²) in [5.41, 5.74) is 0. The molecule has 20 heavy (non-hydrogen) atoms. The lowest BCUT2D eigenvalue weighted by Gasteiger charge is -2.08. The van der Waals surface area contributed by atoms with Gasteiger partial charge in [-0.05, 0) is 42.5 Å². The second kappa shape index (κ2) is 6.64. The molecule has 0 amide bonds. The van der Waals surface area contributed by atoms with Gasteiger partial charge in [-0.25, -0.2) is 0 Å². The lowest BCUT2D eigenvalue weighted by Crippen LogP contribution is -2.05. The van der Waals surface area contributed by atoms with Gasteiger partial charge in [-0.15, -0.1) is 0 Å². The number of ether oxygens (including phenoxy) is 2. The van der Waals surface area contributed by atoms with Crippen molar-refractivity contribution < 1.29 is 14.3 Å². The number of halogens is 2. The third-order valence-electron chi connectivity index (χ3n) is 2.47. The molecule has 0 aromatic heterocycles. The first-order chi connectivity index (χ1) is 9.58. The van der Waals surface area contributed by atoms with Crippen molar-refractivity contribution in [3.05, 3.63) is 52.5 Å². The Hall–Kier alpha value is -1.71. The lowest BCUT2D eigenvalue weighted by molar-refractivity contribution is -0.134. The standard InChI is InChI=1S/C15H12Cl2O3/c1-2-15(18)20-12-6-4-11(5-7-12)19-14-8-3-10(16)9-13(14)17/h3-9H,2H2,1H3. The summed E-state index contributed by atoms with van der Waals surface area (Å²) in [7, 11) is 0. The molecule has 0 N–H and O–H groups in total. The van der Waals surface area contributed by atoms with E-state index in [-0.39, 0.29) is 5.97 Å². The van der Waals surface area contributed by atoms with Crippen LogP contribution in [0.2, 0.25) is 10.0 Å². The van der Waals surface area contributed by atoms with Crippen molar-refractivity contribution >= 4 is 29.2 Å². The molecule has 2 aromatic rings. The Morgan fingerprint density at radius 1 is 1.05 bits per heavy atom. The minimum Gasteiger partial charge on any atom is -0.456 e. The first-order valence-corrected chi connectivity index (χ1v) is 6.77. The van der Waals surface area contributed by atoms with E-state index in [2.05, 4.69) is 0 Å². The summed E-state index contributed by atoms with van der Waals surface area (Å²) in [4.78, 5) is 11.2. The number of benzene rings is 2. The van der Waals surface area contributed by atoms with E-state index in [0.29, 0.717) is 33.7 Å². The zero-order valence-corrected chi connectivity index (χ0v) is 12.2. The van der Waals surface area contributed by atoms with Crippen LogP contribution in [0.3, 0.4) is 0 Å². The fourth-order valence-corrected chi connectivity index (χ4v) is 1.91. The summed E-state index contributed by atoms with van der Waals surface area (Å²) in [5, 5.41) is 0.975. The minimum absolute atomic E-state index is 0.278. The maximum Gasteiger partial charge on any atom is 0.310 e. The van der Waals surface area contributed by atoms with Crippen LogP contribution in [0.25, 0.3) is 0 Å². The maximum absolute atomic E-state index is 11.2. The van der Waals surface area contributed by atoms with E-state index < -0.39 is 0 Å². The predicted octanol–water partition coefficient (Wildman–Crippen LogP) is 5.10. The molecule has 0 aliphatic heterocycles. The zero-order chi connectivity index (χ0) is 14.5. The molecule has 0 fully saturated rings. The second-order valence-corrected chi connectivity index (χ2v) is 4.82. The fourth-order valence-electron chi connectivity index (χ4n) is 1.46. The number of rotatable bonds is 4. The normalized spacial score (nSPS) is 10.2. The second-order valence-electron chi connectivity index (χ2n) is 3.98. The van der Waals surface area contributed by atoms with Crippen LogP contribution in [0.1, 0.15) is 13.3 Å². The molecule has 0 aliphatic carbocycles. The average Bonchev–Trinajstić information content (AvgIpc) is 2.44. The summed E-state index contributed by atoms with van der Waals surface area (Å²) in [5.74, 6) is 1.30. The van der Waals surface area contributed by atoms with Gasteiger partial charge in [-0.2, -0.15) is 0 Å². The van der Waals surface area contributed by atoms with E-state index in [1.165, 1.54) is 0 Å². The van der Waals surface area contributed by atoms with Crippen molar-refractivity contribution in [2.75, 3.05) is 0 Å². The third kappa shape index (κ3) is 3.89. The molecular formula is C15H12Cl2O3. The Morgan fingerprint density at radius 3 is 2.30 bits per heavy atom. The molecular weight excluding hydrogens is 299 g/mol. The summed E-state index contributed by atoms with van der Waals surface area (Å²) < 4.78 is 10.7. The Bertz CT molecular complexity index is 609. The van der Waals surface area contributed by atoms with Gasteiger partial charge in [0.25, 0.3) is 0 Å². The number of carbonyl (C=O) groups excluding carboxylic acids is 1.